The summed E-state index contributed by atoms with van der Waals surface area (Å²) in [5.41, 5.74) is 2.91. The van der Waals surface area contributed by atoms with E-state index >= 15 is 0 Å². The normalized spacial score (nSPS) is 11.6. The van der Waals surface area contributed by atoms with Crippen LogP contribution in [0.4, 0.5) is 10.5 Å². The lowest BCUT2D eigenvalue weighted by molar-refractivity contribution is -0.143. The van der Waals surface area contributed by atoms with Gasteiger partial charge in [-0.05, 0) is 44.9 Å². The van der Waals surface area contributed by atoms with Crippen LogP contribution in [0, 0.1) is 13.8 Å². The molecule has 5 heteroatoms. The molecule has 0 saturated heterocycles. The summed E-state index contributed by atoms with van der Waals surface area (Å²) in [5.74, 6) is -0.313. The minimum atomic E-state index is -0.324. The first kappa shape index (κ1) is 16.0. The molecule has 0 aliphatic heterocycles. The molecule has 1 aromatic carbocycles. The molecule has 1 unspecified atom stereocenters. The molecule has 0 radical (unpaired) electrons. The third-order valence-electron chi connectivity index (χ3n) is 3.01. The Labute approximate surface area is 119 Å². The summed E-state index contributed by atoms with van der Waals surface area (Å²) >= 11 is 0. The minimum absolute atomic E-state index is 0.161. The highest BCUT2D eigenvalue weighted by molar-refractivity contribution is 5.90. The Morgan fingerprint density at radius 1 is 1.30 bits per heavy atom. The van der Waals surface area contributed by atoms with Crippen LogP contribution < -0.4 is 10.6 Å². The zero-order valence-electron chi connectivity index (χ0n) is 12.4. The van der Waals surface area contributed by atoms with Gasteiger partial charge < -0.3 is 15.4 Å². The number of amides is 2. The minimum Gasteiger partial charge on any atom is -0.466 e. The molecule has 0 aromatic heterocycles. The topological polar surface area (TPSA) is 67.4 Å². The molecule has 20 heavy (non-hydrogen) atoms. The summed E-state index contributed by atoms with van der Waals surface area (Å²) in [6, 6.07) is 5.12. The van der Waals surface area contributed by atoms with Crippen molar-refractivity contribution in [1.29, 1.82) is 0 Å². The first-order chi connectivity index (χ1) is 9.43. The maximum absolute atomic E-state index is 11.9. The van der Waals surface area contributed by atoms with Crippen molar-refractivity contribution in [1.82, 2.24) is 5.32 Å². The van der Waals surface area contributed by atoms with Gasteiger partial charge in [0.25, 0.3) is 0 Å². The van der Waals surface area contributed by atoms with E-state index in [1.54, 1.807) is 13.8 Å². The summed E-state index contributed by atoms with van der Waals surface area (Å²) in [6.07, 6.45) is 0.161. The summed E-state index contributed by atoms with van der Waals surface area (Å²) in [5, 5.41) is 5.50. The SMILES string of the molecule is CCOC(=O)CC(C)NC(=O)Nc1cccc(C)c1C. The largest absolute Gasteiger partial charge is 0.466 e. The van der Waals surface area contributed by atoms with Crippen molar-refractivity contribution in [2.24, 2.45) is 0 Å². The van der Waals surface area contributed by atoms with Crippen LogP contribution in [0.1, 0.15) is 31.4 Å². The van der Waals surface area contributed by atoms with Gasteiger partial charge in [-0.2, -0.15) is 0 Å². The van der Waals surface area contributed by atoms with E-state index in [9.17, 15) is 9.59 Å². The van der Waals surface area contributed by atoms with E-state index in [2.05, 4.69) is 10.6 Å². The number of esters is 1. The summed E-state index contributed by atoms with van der Waals surface area (Å²) in [6.45, 7) is 7.80. The van der Waals surface area contributed by atoms with E-state index < -0.39 is 0 Å². The highest BCUT2D eigenvalue weighted by Crippen LogP contribution is 2.17. The number of anilines is 1. The zero-order valence-corrected chi connectivity index (χ0v) is 12.4. The van der Waals surface area contributed by atoms with Crippen LogP contribution in [0.3, 0.4) is 0 Å². The second-order valence-electron chi connectivity index (χ2n) is 4.76. The highest BCUT2D eigenvalue weighted by atomic mass is 16.5. The quantitative estimate of drug-likeness (QED) is 0.814. The van der Waals surface area contributed by atoms with Gasteiger partial charge in [0.1, 0.15) is 0 Å². The molecule has 0 aliphatic carbocycles. The summed E-state index contributed by atoms with van der Waals surface area (Å²) < 4.78 is 4.84. The third-order valence-corrected chi connectivity index (χ3v) is 3.01. The van der Waals surface area contributed by atoms with Crippen LogP contribution in [0.2, 0.25) is 0 Å². The smallest absolute Gasteiger partial charge is 0.319 e. The van der Waals surface area contributed by atoms with Gasteiger partial charge in [-0.15, -0.1) is 0 Å². The number of carbonyl (C=O) groups excluding carboxylic acids is 2. The van der Waals surface area contributed by atoms with E-state index in [-0.39, 0.29) is 24.5 Å². The van der Waals surface area contributed by atoms with Gasteiger partial charge in [0, 0.05) is 11.7 Å². The van der Waals surface area contributed by atoms with Crippen LogP contribution in [0.15, 0.2) is 18.2 Å². The molecule has 1 atom stereocenters. The van der Waals surface area contributed by atoms with Crippen LogP contribution in [0.5, 0.6) is 0 Å². The molecule has 2 amide bonds. The predicted molar refractivity (Wildman–Crippen MR) is 78.8 cm³/mol. The number of hydrogen-bond acceptors (Lipinski definition) is 3. The fourth-order valence-electron chi connectivity index (χ4n) is 1.79. The number of ether oxygens (including phenoxy) is 1. The van der Waals surface area contributed by atoms with Crippen molar-refractivity contribution in [2.45, 2.75) is 40.2 Å². The standard InChI is InChI=1S/C15H22N2O3/c1-5-20-14(18)9-11(3)16-15(19)17-13-8-6-7-10(2)12(13)4/h6-8,11H,5,9H2,1-4H3,(H2,16,17,19). The van der Waals surface area contributed by atoms with Gasteiger partial charge in [0.2, 0.25) is 0 Å². The van der Waals surface area contributed by atoms with Crippen molar-refractivity contribution in [2.75, 3.05) is 11.9 Å². The Bertz CT molecular complexity index is 486. The van der Waals surface area contributed by atoms with Crippen molar-refractivity contribution in [3.63, 3.8) is 0 Å². The van der Waals surface area contributed by atoms with Gasteiger partial charge in [-0.25, -0.2) is 4.79 Å². The Morgan fingerprint density at radius 3 is 2.65 bits per heavy atom. The predicted octanol–water partition coefficient (Wildman–Crippen LogP) is 2.77. The van der Waals surface area contributed by atoms with E-state index in [4.69, 9.17) is 4.74 Å². The summed E-state index contributed by atoms with van der Waals surface area (Å²) in [7, 11) is 0. The van der Waals surface area contributed by atoms with Gasteiger partial charge in [0.15, 0.2) is 0 Å². The lowest BCUT2D eigenvalue weighted by Crippen LogP contribution is -2.37. The fourth-order valence-corrected chi connectivity index (χ4v) is 1.79. The van der Waals surface area contributed by atoms with E-state index in [1.165, 1.54) is 0 Å². The average Bonchev–Trinajstić information content (AvgIpc) is 2.34. The van der Waals surface area contributed by atoms with Gasteiger partial charge in [-0.1, -0.05) is 12.1 Å². The number of nitrogens with one attached hydrogen (secondary N) is 2. The Kier molecular flexibility index (Phi) is 6.03. The molecular formula is C15H22N2O3. The lowest BCUT2D eigenvalue weighted by Gasteiger charge is -2.15. The third kappa shape index (κ3) is 4.91. The van der Waals surface area contributed by atoms with E-state index in [0.717, 1.165) is 16.8 Å². The monoisotopic (exact) mass is 278 g/mol. The number of rotatable bonds is 5. The molecule has 0 aliphatic rings. The molecule has 5 nitrogen and oxygen atoms in total. The lowest BCUT2D eigenvalue weighted by atomic mass is 10.1. The summed E-state index contributed by atoms with van der Waals surface area (Å²) in [4.78, 5) is 23.1. The zero-order chi connectivity index (χ0) is 15.1. The highest BCUT2D eigenvalue weighted by Gasteiger charge is 2.13. The first-order valence-corrected chi connectivity index (χ1v) is 6.73. The van der Waals surface area contributed by atoms with Gasteiger partial charge in [-0.3, -0.25) is 4.79 Å². The molecule has 1 rings (SSSR count). The van der Waals surface area contributed by atoms with Crippen LogP contribution in [0.25, 0.3) is 0 Å². The second-order valence-corrected chi connectivity index (χ2v) is 4.76. The molecular weight excluding hydrogens is 256 g/mol. The molecule has 0 bridgehead atoms. The molecule has 110 valence electrons. The van der Waals surface area contributed by atoms with Crippen molar-refractivity contribution in [3.8, 4) is 0 Å². The fraction of sp³-hybridized carbons (Fsp3) is 0.467. The van der Waals surface area contributed by atoms with Crippen molar-refractivity contribution in [3.05, 3.63) is 29.3 Å². The van der Waals surface area contributed by atoms with Crippen molar-refractivity contribution < 1.29 is 14.3 Å². The number of carbonyl (C=O) groups is 2. The Hall–Kier alpha value is -2.04. The average molecular weight is 278 g/mol. The maximum atomic E-state index is 11.9. The number of benzene rings is 1. The van der Waals surface area contributed by atoms with Crippen LogP contribution in [-0.4, -0.2) is 24.6 Å². The van der Waals surface area contributed by atoms with Crippen molar-refractivity contribution >= 4 is 17.7 Å². The van der Waals surface area contributed by atoms with Gasteiger partial charge in [0.05, 0.1) is 13.0 Å². The Morgan fingerprint density at radius 2 is 2.00 bits per heavy atom. The second kappa shape index (κ2) is 7.53. The molecule has 0 fully saturated rings. The number of urea groups is 1. The molecule has 1 aromatic rings. The molecule has 0 saturated carbocycles. The van der Waals surface area contributed by atoms with Crippen LogP contribution >= 0.6 is 0 Å². The molecule has 2 N–H and O–H groups in total. The Balaban J connectivity index is 2.51. The number of hydrogen-bond donors (Lipinski definition) is 2. The molecule has 0 heterocycles. The first-order valence-electron chi connectivity index (χ1n) is 6.73. The van der Waals surface area contributed by atoms with Crippen LogP contribution in [-0.2, 0) is 9.53 Å². The van der Waals surface area contributed by atoms with Gasteiger partial charge >= 0.3 is 12.0 Å². The van der Waals surface area contributed by atoms with E-state index in [1.807, 2.05) is 32.0 Å². The maximum Gasteiger partial charge on any atom is 0.319 e. The number of aryl methyl sites for hydroxylation is 1. The molecule has 0 spiro atoms. The van der Waals surface area contributed by atoms with E-state index in [0.29, 0.717) is 6.61 Å².